The number of nitrogens with zero attached hydrogens (tertiary/aromatic N) is 2. The number of nitrogens with one attached hydrogen (secondary N) is 1. The van der Waals surface area contributed by atoms with Crippen LogP contribution in [0.4, 0.5) is 0 Å². The van der Waals surface area contributed by atoms with Crippen LogP contribution in [-0.2, 0) is 0 Å². The second-order valence-corrected chi connectivity index (χ2v) is 7.58. The number of hydrogen-bond donors (Lipinski definition) is 1. The second kappa shape index (κ2) is 6.91. The Morgan fingerprint density at radius 1 is 1.45 bits per heavy atom. The van der Waals surface area contributed by atoms with Gasteiger partial charge in [0.15, 0.2) is 0 Å². The van der Waals surface area contributed by atoms with Gasteiger partial charge in [-0.15, -0.1) is 0 Å². The molecule has 116 valence electrons. The summed E-state index contributed by atoms with van der Waals surface area (Å²) >= 11 is 0. The molecule has 1 saturated carbocycles. The van der Waals surface area contributed by atoms with Crippen molar-refractivity contribution >= 4 is 0 Å². The van der Waals surface area contributed by atoms with Gasteiger partial charge in [0.05, 0.1) is 6.07 Å². The van der Waals surface area contributed by atoms with Crippen molar-refractivity contribution in [1.82, 2.24) is 10.2 Å². The molecule has 0 aliphatic heterocycles. The summed E-state index contributed by atoms with van der Waals surface area (Å²) in [5, 5.41) is 13.1. The van der Waals surface area contributed by atoms with Crippen LogP contribution in [0.25, 0.3) is 0 Å². The van der Waals surface area contributed by atoms with E-state index in [1.165, 1.54) is 6.42 Å². The zero-order valence-corrected chi connectivity index (χ0v) is 14.3. The topological polar surface area (TPSA) is 39.1 Å². The van der Waals surface area contributed by atoms with Gasteiger partial charge >= 0.3 is 0 Å². The van der Waals surface area contributed by atoms with Gasteiger partial charge in [0, 0.05) is 12.1 Å². The minimum Gasteiger partial charge on any atom is -0.300 e. The summed E-state index contributed by atoms with van der Waals surface area (Å²) in [6.45, 7) is 12.3. The van der Waals surface area contributed by atoms with Crippen molar-refractivity contribution in [2.24, 2.45) is 5.41 Å². The Morgan fingerprint density at radius 2 is 2.10 bits per heavy atom. The fraction of sp³-hybridized carbons (Fsp3) is 0.941. The normalized spacial score (nSPS) is 29.2. The van der Waals surface area contributed by atoms with Crippen molar-refractivity contribution in [3.63, 3.8) is 0 Å². The maximum absolute atomic E-state index is 9.64. The summed E-state index contributed by atoms with van der Waals surface area (Å²) in [7, 11) is 2.23. The standard InChI is InChI=1S/C17H33N3/c1-7-11-19-17(13-18)10-8-9-15(12-17)20(6)14(2)16(3,4)5/h14-15,19H,7-12H2,1-6H3. The Morgan fingerprint density at radius 3 is 2.60 bits per heavy atom. The Hall–Kier alpha value is -0.590. The summed E-state index contributed by atoms with van der Waals surface area (Å²) in [5.41, 5.74) is -0.0247. The molecular weight excluding hydrogens is 246 g/mol. The van der Waals surface area contributed by atoms with Crippen molar-refractivity contribution in [2.75, 3.05) is 13.6 Å². The predicted molar refractivity (Wildman–Crippen MR) is 85.6 cm³/mol. The molecule has 0 amide bonds. The van der Waals surface area contributed by atoms with E-state index in [4.69, 9.17) is 0 Å². The van der Waals surface area contributed by atoms with Crippen LogP contribution in [-0.4, -0.2) is 36.1 Å². The molecule has 1 rings (SSSR count). The number of rotatable bonds is 5. The van der Waals surface area contributed by atoms with Gasteiger partial charge in [-0.05, 0) is 58.0 Å². The summed E-state index contributed by atoms with van der Waals surface area (Å²) in [6.07, 6.45) is 5.41. The average Bonchev–Trinajstić information content (AvgIpc) is 2.42. The van der Waals surface area contributed by atoms with Crippen LogP contribution in [0.15, 0.2) is 0 Å². The monoisotopic (exact) mass is 279 g/mol. The smallest absolute Gasteiger partial charge is 0.108 e. The Kier molecular flexibility index (Phi) is 6.04. The van der Waals surface area contributed by atoms with Gasteiger partial charge in [-0.25, -0.2) is 0 Å². The molecule has 1 N–H and O–H groups in total. The lowest BCUT2D eigenvalue weighted by atomic mass is 9.77. The Bertz CT molecular complexity index is 339. The first-order chi connectivity index (χ1) is 9.25. The number of nitriles is 1. The van der Waals surface area contributed by atoms with Crippen molar-refractivity contribution < 1.29 is 0 Å². The molecule has 1 aliphatic carbocycles. The Balaban J connectivity index is 2.75. The van der Waals surface area contributed by atoms with Crippen LogP contribution in [0.1, 0.15) is 66.7 Å². The highest BCUT2D eigenvalue weighted by molar-refractivity contribution is 5.11. The Labute approximate surface area is 125 Å². The fourth-order valence-corrected chi connectivity index (χ4v) is 3.19. The van der Waals surface area contributed by atoms with E-state index in [9.17, 15) is 5.26 Å². The molecule has 0 aromatic carbocycles. The average molecular weight is 279 g/mol. The first-order valence-corrected chi connectivity index (χ1v) is 8.14. The lowest BCUT2D eigenvalue weighted by Crippen LogP contribution is -2.55. The molecule has 0 spiro atoms. The molecule has 3 unspecified atom stereocenters. The van der Waals surface area contributed by atoms with E-state index in [2.05, 4.69) is 58.0 Å². The molecule has 3 nitrogen and oxygen atoms in total. The van der Waals surface area contributed by atoms with Crippen LogP contribution in [0, 0.1) is 16.7 Å². The van der Waals surface area contributed by atoms with Crippen molar-refractivity contribution in [1.29, 1.82) is 5.26 Å². The highest BCUT2D eigenvalue weighted by atomic mass is 15.2. The van der Waals surface area contributed by atoms with Crippen LogP contribution >= 0.6 is 0 Å². The quantitative estimate of drug-likeness (QED) is 0.836. The fourth-order valence-electron chi connectivity index (χ4n) is 3.19. The van der Waals surface area contributed by atoms with Crippen LogP contribution in [0.5, 0.6) is 0 Å². The third kappa shape index (κ3) is 4.20. The predicted octanol–water partition coefficient (Wildman–Crippen LogP) is 3.56. The minimum atomic E-state index is -0.301. The molecule has 3 atom stereocenters. The lowest BCUT2D eigenvalue weighted by Gasteiger charge is -2.45. The second-order valence-electron chi connectivity index (χ2n) is 7.58. The van der Waals surface area contributed by atoms with Gasteiger partial charge in [-0.3, -0.25) is 5.32 Å². The van der Waals surface area contributed by atoms with Crippen LogP contribution in [0.3, 0.4) is 0 Å². The summed E-state index contributed by atoms with van der Waals surface area (Å²) in [5.74, 6) is 0. The first kappa shape index (κ1) is 17.5. The zero-order valence-electron chi connectivity index (χ0n) is 14.3. The van der Waals surface area contributed by atoms with E-state index < -0.39 is 0 Å². The maximum Gasteiger partial charge on any atom is 0.108 e. The highest BCUT2D eigenvalue weighted by Crippen LogP contribution is 2.34. The van der Waals surface area contributed by atoms with E-state index >= 15 is 0 Å². The van der Waals surface area contributed by atoms with E-state index in [1.807, 2.05) is 0 Å². The van der Waals surface area contributed by atoms with Gasteiger partial charge < -0.3 is 4.90 Å². The van der Waals surface area contributed by atoms with Crippen LogP contribution < -0.4 is 5.32 Å². The lowest BCUT2D eigenvalue weighted by molar-refractivity contribution is 0.0604. The molecule has 1 aliphatic rings. The van der Waals surface area contributed by atoms with Crippen molar-refractivity contribution in [3.05, 3.63) is 0 Å². The van der Waals surface area contributed by atoms with E-state index in [0.29, 0.717) is 12.1 Å². The molecule has 0 aromatic heterocycles. The molecule has 0 heterocycles. The SMILES string of the molecule is CCCNC1(C#N)CCCC(N(C)C(C)C(C)(C)C)C1. The van der Waals surface area contributed by atoms with Gasteiger partial charge in [0.25, 0.3) is 0 Å². The molecule has 0 bridgehead atoms. The largest absolute Gasteiger partial charge is 0.300 e. The van der Waals surface area contributed by atoms with Gasteiger partial charge in [-0.2, -0.15) is 5.26 Å². The molecule has 0 saturated heterocycles. The molecular formula is C17H33N3. The number of hydrogen-bond acceptors (Lipinski definition) is 3. The minimum absolute atomic E-state index is 0.276. The molecule has 0 radical (unpaired) electrons. The third-order valence-electron chi connectivity index (χ3n) is 5.09. The maximum atomic E-state index is 9.64. The zero-order chi connectivity index (χ0) is 15.4. The molecule has 20 heavy (non-hydrogen) atoms. The molecule has 3 heteroatoms. The van der Waals surface area contributed by atoms with Gasteiger partial charge in [0.1, 0.15) is 5.54 Å². The van der Waals surface area contributed by atoms with Gasteiger partial charge in [-0.1, -0.05) is 27.7 Å². The van der Waals surface area contributed by atoms with Crippen molar-refractivity contribution in [2.45, 2.75) is 84.3 Å². The van der Waals surface area contributed by atoms with E-state index in [-0.39, 0.29) is 11.0 Å². The summed E-state index contributed by atoms with van der Waals surface area (Å²) in [6, 6.07) is 3.61. The summed E-state index contributed by atoms with van der Waals surface area (Å²) in [4.78, 5) is 2.50. The van der Waals surface area contributed by atoms with E-state index in [1.54, 1.807) is 0 Å². The van der Waals surface area contributed by atoms with Crippen LogP contribution in [0.2, 0.25) is 0 Å². The van der Waals surface area contributed by atoms with Gasteiger partial charge in [0.2, 0.25) is 0 Å². The molecule has 1 fully saturated rings. The highest BCUT2D eigenvalue weighted by Gasteiger charge is 2.39. The van der Waals surface area contributed by atoms with E-state index in [0.717, 1.165) is 32.2 Å². The first-order valence-electron chi connectivity index (χ1n) is 8.14. The van der Waals surface area contributed by atoms with Crippen molar-refractivity contribution in [3.8, 4) is 6.07 Å². The summed E-state index contributed by atoms with van der Waals surface area (Å²) < 4.78 is 0. The third-order valence-corrected chi connectivity index (χ3v) is 5.09. The molecule has 0 aromatic rings.